The molecule has 2 atom stereocenters. The predicted octanol–water partition coefficient (Wildman–Crippen LogP) is 2.36. The summed E-state index contributed by atoms with van der Waals surface area (Å²) in [6.07, 6.45) is 1.43. The van der Waals surface area contributed by atoms with Gasteiger partial charge in [0, 0.05) is 25.6 Å². The molecule has 13 nitrogen and oxygen atoms in total. The first kappa shape index (κ1) is 30.1. The average Bonchev–Trinajstić information content (AvgIpc) is 3.62. The number of benzene rings is 2. The van der Waals surface area contributed by atoms with Gasteiger partial charge in [-0.3, -0.25) is 0 Å². The number of hydrogen-bond donors (Lipinski definition) is 3. The third-order valence-electron chi connectivity index (χ3n) is 6.33. The van der Waals surface area contributed by atoms with Crippen molar-refractivity contribution in [3.63, 3.8) is 0 Å². The smallest absolute Gasteiger partial charge is 0.404 e. The summed E-state index contributed by atoms with van der Waals surface area (Å²) in [5, 5.41) is 31.0. The molecule has 222 valence electrons. The minimum atomic E-state index is -4.04. The molecule has 0 unspecified atom stereocenters. The van der Waals surface area contributed by atoms with E-state index in [1.807, 2.05) is 13.8 Å². The second kappa shape index (κ2) is 13.7. The number of aromatic nitrogens is 3. The van der Waals surface area contributed by atoms with Crippen molar-refractivity contribution in [3.8, 4) is 17.2 Å². The molecule has 0 spiro atoms. The van der Waals surface area contributed by atoms with E-state index in [2.05, 4.69) is 15.5 Å². The molecule has 0 saturated carbocycles. The van der Waals surface area contributed by atoms with Crippen LogP contribution in [0.5, 0.6) is 17.2 Å². The number of rotatable bonds is 15. The lowest BCUT2D eigenvalue weighted by Crippen LogP contribution is -2.50. The van der Waals surface area contributed by atoms with E-state index in [0.717, 1.165) is 12.0 Å². The molecular formula is C27H35N5O8S. The van der Waals surface area contributed by atoms with Crippen molar-refractivity contribution in [1.29, 1.82) is 0 Å². The molecule has 1 aliphatic rings. The molecule has 2 heterocycles. The van der Waals surface area contributed by atoms with Crippen molar-refractivity contribution in [1.82, 2.24) is 24.6 Å². The zero-order valence-electron chi connectivity index (χ0n) is 22.9. The summed E-state index contributed by atoms with van der Waals surface area (Å²) in [5.41, 5.74) is 0.741. The van der Waals surface area contributed by atoms with Gasteiger partial charge in [0.05, 0.1) is 42.6 Å². The number of hydrogen-bond acceptors (Lipinski definition) is 9. The molecule has 0 fully saturated rings. The van der Waals surface area contributed by atoms with Gasteiger partial charge in [0.15, 0.2) is 11.5 Å². The van der Waals surface area contributed by atoms with E-state index in [4.69, 9.17) is 14.2 Å². The third-order valence-corrected chi connectivity index (χ3v) is 8.16. The predicted molar refractivity (Wildman–Crippen MR) is 147 cm³/mol. The van der Waals surface area contributed by atoms with Gasteiger partial charge in [0.25, 0.3) is 0 Å². The number of carboxylic acid groups (broad SMARTS) is 1. The van der Waals surface area contributed by atoms with Crippen LogP contribution in [-0.4, -0.2) is 82.7 Å². The number of amides is 1. The Kier molecular flexibility index (Phi) is 10.0. The molecule has 0 bridgehead atoms. The lowest BCUT2D eigenvalue weighted by atomic mass is 10.0. The van der Waals surface area contributed by atoms with Gasteiger partial charge in [-0.15, -0.1) is 0 Å². The zero-order valence-corrected chi connectivity index (χ0v) is 23.7. The lowest BCUT2D eigenvalue weighted by Gasteiger charge is -2.30. The minimum Gasteiger partial charge on any atom is -0.494 e. The highest BCUT2D eigenvalue weighted by Gasteiger charge is 2.32. The van der Waals surface area contributed by atoms with E-state index < -0.39 is 28.3 Å². The van der Waals surface area contributed by atoms with Gasteiger partial charge in [-0.05, 0) is 42.2 Å². The molecule has 3 N–H and O–H groups in total. The van der Waals surface area contributed by atoms with Crippen LogP contribution in [0.25, 0.3) is 0 Å². The fourth-order valence-electron chi connectivity index (χ4n) is 4.37. The Bertz CT molecular complexity index is 1380. The highest BCUT2D eigenvalue weighted by Crippen LogP contribution is 2.35. The Morgan fingerprint density at radius 1 is 1.10 bits per heavy atom. The fraction of sp³-hybridized carbons (Fsp3) is 0.444. The Balaban J connectivity index is 1.41. The lowest BCUT2D eigenvalue weighted by molar-refractivity contribution is 0.0980. The maximum absolute atomic E-state index is 13.6. The van der Waals surface area contributed by atoms with Crippen LogP contribution in [0.15, 0.2) is 59.8 Å². The fourth-order valence-corrected chi connectivity index (χ4v) is 6.01. The van der Waals surface area contributed by atoms with Crippen LogP contribution >= 0.6 is 0 Å². The highest BCUT2D eigenvalue weighted by molar-refractivity contribution is 7.89. The number of aliphatic hydroxyl groups excluding tert-OH is 1. The first-order chi connectivity index (χ1) is 19.6. The molecular weight excluding hydrogens is 554 g/mol. The molecule has 3 aromatic rings. The van der Waals surface area contributed by atoms with Crippen molar-refractivity contribution >= 4 is 16.1 Å². The summed E-state index contributed by atoms with van der Waals surface area (Å²) in [7, 11) is -4.04. The first-order valence-corrected chi connectivity index (χ1v) is 14.7. The number of nitrogens with one attached hydrogen (secondary N) is 1. The highest BCUT2D eigenvalue weighted by atomic mass is 32.2. The van der Waals surface area contributed by atoms with Crippen molar-refractivity contribution in [2.24, 2.45) is 5.92 Å². The molecule has 0 radical (unpaired) electrons. The SMILES string of the molecule is CC(C)CN(C[C@H](O)[C@H](Cc1ccc(OCCCn2nccn2)cc1)NC(=O)O)S(=O)(=O)c1ccc2c(c1)OCO2. The number of ether oxygens (including phenoxy) is 3. The van der Waals surface area contributed by atoms with Crippen LogP contribution in [0.2, 0.25) is 0 Å². The van der Waals surface area contributed by atoms with Crippen LogP contribution in [0.4, 0.5) is 4.79 Å². The van der Waals surface area contributed by atoms with Crippen molar-refractivity contribution in [3.05, 3.63) is 60.4 Å². The molecule has 1 aromatic heterocycles. The number of sulfonamides is 1. The van der Waals surface area contributed by atoms with Crippen LogP contribution in [-0.2, 0) is 23.0 Å². The molecule has 1 amide bonds. The molecule has 2 aromatic carbocycles. The van der Waals surface area contributed by atoms with E-state index in [9.17, 15) is 23.4 Å². The minimum absolute atomic E-state index is 0.00572. The molecule has 14 heteroatoms. The summed E-state index contributed by atoms with van der Waals surface area (Å²) >= 11 is 0. The summed E-state index contributed by atoms with van der Waals surface area (Å²) in [6, 6.07) is 10.5. The summed E-state index contributed by atoms with van der Waals surface area (Å²) < 4.78 is 44.7. The number of aryl methyl sites for hydroxylation is 1. The Labute approximate surface area is 238 Å². The summed E-state index contributed by atoms with van der Waals surface area (Å²) in [6.45, 7) is 4.63. The van der Waals surface area contributed by atoms with Gasteiger partial charge in [-0.1, -0.05) is 26.0 Å². The molecule has 0 saturated heterocycles. The summed E-state index contributed by atoms with van der Waals surface area (Å²) in [5.74, 6) is 1.36. The number of nitrogens with zero attached hydrogens (tertiary/aromatic N) is 4. The maximum Gasteiger partial charge on any atom is 0.404 e. The van der Waals surface area contributed by atoms with E-state index in [-0.39, 0.29) is 37.1 Å². The van der Waals surface area contributed by atoms with E-state index in [0.29, 0.717) is 30.4 Å². The van der Waals surface area contributed by atoms with E-state index in [1.54, 1.807) is 41.5 Å². The standard InChI is InChI=1S/C27H35N5O8S/c1-19(2)16-31(41(36,37)22-8-9-25-26(15-22)40-18-39-25)17-24(33)23(30-27(34)35)14-20-4-6-21(7-5-20)38-13-3-12-32-28-10-11-29-32/h4-11,15,19,23-24,30,33H,3,12-14,16-18H2,1-2H3,(H,34,35)/t23-,24-/m0/s1. The largest absolute Gasteiger partial charge is 0.494 e. The van der Waals surface area contributed by atoms with Gasteiger partial charge in [0.1, 0.15) is 5.75 Å². The topological polar surface area (TPSA) is 165 Å². The second-order valence-electron chi connectivity index (χ2n) is 10.0. The van der Waals surface area contributed by atoms with Gasteiger partial charge in [-0.25, -0.2) is 13.2 Å². The first-order valence-electron chi connectivity index (χ1n) is 13.2. The zero-order chi connectivity index (χ0) is 29.4. The van der Waals surface area contributed by atoms with E-state index in [1.165, 1.54) is 22.5 Å². The molecule has 4 rings (SSSR count). The van der Waals surface area contributed by atoms with E-state index >= 15 is 0 Å². The van der Waals surface area contributed by atoms with Crippen LogP contribution < -0.4 is 19.5 Å². The number of carbonyl (C=O) groups is 1. The van der Waals surface area contributed by atoms with Crippen molar-refractivity contribution in [2.75, 3.05) is 26.5 Å². The average molecular weight is 590 g/mol. The monoisotopic (exact) mass is 589 g/mol. The Morgan fingerprint density at radius 3 is 2.49 bits per heavy atom. The number of fused-ring (bicyclic) bond motifs is 1. The quantitative estimate of drug-likeness (QED) is 0.224. The van der Waals surface area contributed by atoms with Gasteiger partial charge in [-0.2, -0.15) is 19.3 Å². The second-order valence-corrected chi connectivity index (χ2v) is 12.0. The van der Waals surface area contributed by atoms with Crippen molar-refractivity contribution < 1.29 is 37.6 Å². The van der Waals surface area contributed by atoms with Crippen molar-refractivity contribution in [2.45, 2.75) is 50.3 Å². The Morgan fingerprint density at radius 2 is 1.80 bits per heavy atom. The normalized spacial score (nSPS) is 14.3. The maximum atomic E-state index is 13.6. The summed E-state index contributed by atoms with van der Waals surface area (Å²) in [4.78, 5) is 13.1. The van der Waals surface area contributed by atoms with Gasteiger partial charge >= 0.3 is 6.09 Å². The molecule has 0 aliphatic carbocycles. The number of aliphatic hydroxyl groups is 1. The van der Waals surface area contributed by atoms with Crippen LogP contribution in [0, 0.1) is 5.92 Å². The molecule has 41 heavy (non-hydrogen) atoms. The van der Waals surface area contributed by atoms with Gasteiger partial charge in [0.2, 0.25) is 16.8 Å². The van der Waals surface area contributed by atoms with Crippen LogP contribution in [0.1, 0.15) is 25.8 Å². The Hall–Kier alpha value is -3.88. The van der Waals surface area contributed by atoms with Gasteiger partial charge < -0.3 is 29.7 Å². The molecule has 1 aliphatic heterocycles. The van der Waals surface area contributed by atoms with Crippen LogP contribution in [0.3, 0.4) is 0 Å². The third kappa shape index (κ3) is 8.31.